The number of hydrogen-bond acceptors (Lipinski definition) is 2. The maximum Gasteiger partial charge on any atom is 0.0167 e. The standard InChI is InChI=1S/C9H17NS/c1-6-4-9(5-11-6)7(10)8(9,2)3/h6-7H,4-5,10H2,1-3H3. The van der Waals surface area contributed by atoms with Gasteiger partial charge in [-0.05, 0) is 11.8 Å². The minimum Gasteiger partial charge on any atom is -0.327 e. The minimum absolute atomic E-state index is 0.421. The number of nitrogens with two attached hydrogens (primary N) is 1. The fourth-order valence-electron chi connectivity index (χ4n) is 2.57. The summed E-state index contributed by atoms with van der Waals surface area (Å²) in [5.74, 6) is 1.29. The second-order valence-corrected chi connectivity index (χ2v) is 6.11. The summed E-state index contributed by atoms with van der Waals surface area (Å²) in [5, 5.41) is 0.836. The fraction of sp³-hybridized carbons (Fsp3) is 1.00. The summed E-state index contributed by atoms with van der Waals surface area (Å²) < 4.78 is 0. The molecule has 0 aromatic carbocycles. The van der Waals surface area contributed by atoms with Gasteiger partial charge in [-0.2, -0.15) is 11.8 Å². The zero-order chi connectivity index (χ0) is 8.28. The van der Waals surface area contributed by atoms with E-state index in [0.717, 1.165) is 5.25 Å². The highest BCUT2D eigenvalue weighted by atomic mass is 32.2. The molecule has 0 amide bonds. The van der Waals surface area contributed by atoms with Crippen molar-refractivity contribution in [1.82, 2.24) is 0 Å². The van der Waals surface area contributed by atoms with Gasteiger partial charge in [0.1, 0.15) is 0 Å². The highest BCUT2D eigenvalue weighted by Gasteiger charge is 2.70. The first kappa shape index (κ1) is 7.93. The Morgan fingerprint density at radius 3 is 2.18 bits per heavy atom. The summed E-state index contributed by atoms with van der Waals surface area (Å²) >= 11 is 2.09. The molecule has 2 fully saturated rings. The van der Waals surface area contributed by atoms with Gasteiger partial charge in [0, 0.05) is 22.5 Å². The normalized spacial score (nSPS) is 53.5. The SMILES string of the molecule is CC1CC2(CS1)C(N)C2(C)C. The van der Waals surface area contributed by atoms with E-state index in [-0.39, 0.29) is 0 Å². The van der Waals surface area contributed by atoms with Crippen molar-refractivity contribution in [3.63, 3.8) is 0 Å². The minimum atomic E-state index is 0.421. The highest BCUT2D eigenvalue weighted by molar-refractivity contribution is 8.00. The van der Waals surface area contributed by atoms with Crippen molar-refractivity contribution < 1.29 is 0 Å². The molecule has 64 valence electrons. The summed E-state index contributed by atoms with van der Waals surface area (Å²) in [6.45, 7) is 6.95. The first-order chi connectivity index (χ1) is 5.01. The topological polar surface area (TPSA) is 26.0 Å². The molecule has 2 rings (SSSR count). The molecule has 0 radical (unpaired) electrons. The molecular weight excluding hydrogens is 154 g/mol. The van der Waals surface area contributed by atoms with Crippen LogP contribution in [0.3, 0.4) is 0 Å². The van der Waals surface area contributed by atoms with Crippen LogP contribution in [0.1, 0.15) is 27.2 Å². The van der Waals surface area contributed by atoms with Crippen LogP contribution >= 0.6 is 11.8 Å². The number of rotatable bonds is 0. The quantitative estimate of drug-likeness (QED) is 0.602. The van der Waals surface area contributed by atoms with Crippen molar-refractivity contribution in [2.24, 2.45) is 16.6 Å². The number of thioether (sulfide) groups is 1. The molecule has 1 nitrogen and oxygen atoms in total. The molecule has 1 heterocycles. The lowest BCUT2D eigenvalue weighted by Crippen LogP contribution is -2.13. The highest BCUT2D eigenvalue weighted by Crippen LogP contribution is 2.69. The Balaban J connectivity index is 2.17. The summed E-state index contributed by atoms with van der Waals surface area (Å²) in [5.41, 5.74) is 7.02. The Labute approximate surface area is 73.1 Å². The van der Waals surface area contributed by atoms with E-state index in [0.29, 0.717) is 16.9 Å². The van der Waals surface area contributed by atoms with Crippen molar-refractivity contribution in [3.8, 4) is 0 Å². The second-order valence-electron chi connectivity index (χ2n) is 4.68. The van der Waals surface area contributed by atoms with Gasteiger partial charge < -0.3 is 5.73 Å². The smallest absolute Gasteiger partial charge is 0.0167 e. The Morgan fingerprint density at radius 2 is 2.00 bits per heavy atom. The van der Waals surface area contributed by atoms with Crippen molar-refractivity contribution in [1.29, 1.82) is 0 Å². The van der Waals surface area contributed by atoms with Gasteiger partial charge in [0.2, 0.25) is 0 Å². The Bertz CT molecular complexity index is 190. The van der Waals surface area contributed by atoms with E-state index in [4.69, 9.17) is 5.73 Å². The molecule has 2 N–H and O–H groups in total. The average molecular weight is 171 g/mol. The van der Waals surface area contributed by atoms with Crippen LogP contribution in [0.4, 0.5) is 0 Å². The maximum atomic E-state index is 6.09. The van der Waals surface area contributed by atoms with Gasteiger partial charge in [0.05, 0.1) is 0 Å². The molecule has 2 heteroatoms. The average Bonchev–Trinajstić information content (AvgIpc) is 2.38. The Hall–Kier alpha value is 0.310. The van der Waals surface area contributed by atoms with E-state index < -0.39 is 0 Å². The van der Waals surface area contributed by atoms with Gasteiger partial charge in [-0.25, -0.2) is 0 Å². The van der Waals surface area contributed by atoms with Crippen LogP contribution in [-0.4, -0.2) is 17.0 Å². The maximum absolute atomic E-state index is 6.09. The van der Waals surface area contributed by atoms with Crippen LogP contribution < -0.4 is 5.73 Å². The molecule has 2 aliphatic rings. The van der Waals surface area contributed by atoms with E-state index in [1.54, 1.807) is 0 Å². The van der Waals surface area contributed by atoms with Crippen LogP contribution in [0.2, 0.25) is 0 Å². The third-order valence-corrected chi connectivity index (χ3v) is 5.27. The molecule has 0 aromatic heterocycles. The molecule has 1 saturated carbocycles. The Kier molecular flexibility index (Phi) is 1.42. The fourth-order valence-corrected chi connectivity index (χ4v) is 4.24. The molecule has 0 bridgehead atoms. The largest absolute Gasteiger partial charge is 0.327 e. The van der Waals surface area contributed by atoms with Crippen LogP contribution in [0, 0.1) is 10.8 Å². The van der Waals surface area contributed by atoms with Crippen LogP contribution in [0.15, 0.2) is 0 Å². The zero-order valence-corrected chi connectivity index (χ0v) is 8.37. The molecule has 1 aliphatic heterocycles. The van der Waals surface area contributed by atoms with E-state index in [2.05, 4.69) is 32.5 Å². The van der Waals surface area contributed by atoms with Gasteiger partial charge in [0.25, 0.3) is 0 Å². The van der Waals surface area contributed by atoms with Crippen molar-refractivity contribution >= 4 is 11.8 Å². The second kappa shape index (κ2) is 1.97. The van der Waals surface area contributed by atoms with Gasteiger partial charge in [-0.3, -0.25) is 0 Å². The van der Waals surface area contributed by atoms with Crippen molar-refractivity contribution in [2.75, 3.05) is 5.75 Å². The number of hydrogen-bond donors (Lipinski definition) is 1. The predicted molar refractivity (Wildman–Crippen MR) is 50.7 cm³/mol. The lowest BCUT2D eigenvalue weighted by atomic mass is 9.93. The summed E-state index contributed by atoms with van der Waals surface area (Å²) in [7, 11) is 0. The summed E-state index contributed by atoms with van der Waals surface area (Å²) in [6, 6.07) is 0.465. The van der Waals surface area contributed by atoms with Crippen LogP contribution in [-0.2, 0) is 0 Å². The summed E-state index contributed by atoms with van der Waals surface area (Å²) in [4.78, 5) is 0. The van der Waals surface area contributed by atoms with Crippen LogP contribution in [0.25, 0.3) is 0 Å². The zero-order valence-electron chi connectivity index (χ0n) is 7.55. The van der Waals surface area contributed by atoms with Gasteiger partial charge in [-0.1, -0.05) is 20.8 Å². The Morgan fingerprint density at radius 1 is 1.45 bits per heavy atom. The molecule has 3 unspecified atom stereocenters. The lowest BCUT2D eigenvalue weighted by Gasteiger charge is -2.09. The summed E-state index contributed by atoms with van der Waals surface area (Å²) in [6.07, 6.45) is 1.34. The van der Waals surface area contributed by atoms with Gasteiger partial charge in [0.15, 0.2) is 0 Å². The van der Waals surface area contributed by atoms with Crippen molar-refractivity contribution in [2.45, 2.75) is 38.5 Å². The van der Waals surface area contributed by atoms with Gasteiger partial charge >= 0.3 is 0 Å². The van der Waals surface area contributed by atoms with E-state index in [1.807, 2.05) is 0 Å². The third kappa shape index (κ3) is 0.775. The molecular formula is C9H17NS. The molecule has 0 aromatic rings. The van der Waals surface area contributed by atoms with E-state index in [9.17, 15) is 0 Å². The van der Waals surface area contributed by atoms with Crippen molar-refractivity contribution in [3.05, 3.63) is 0 Å². The van der Waals surface area contributed by atoms with E-state index >= 15 is 0 Å². The molecule has 1 spiro atoms. The first-order valence-corrected chi connectivity index (χ1v) is 5.43. The molecule has 1 saturated heterocycles. The van der Waals surface area contributed by atoms with Gasteiger partial charge in [-0.15, -0.1) is 0 Å². The monoisotopic (exact) mass is 171 g/mol. The predicted octanol–water partition coefficient (Wildman–Crippen LogP) is 1.87. The lowest BCUT2D eigenvalue weighted by molar-refractivity contribution is 0.414. The van der Waals surface area contributed by atoms with E-state index in [1.165, 1.54) is 12.2 Å². The molecule has 3 atom stereocenters. The molecule has 1 aliphatic carbocycles. The molecule has 11 heavy (non-hydrogen) atoms. The third-order valence-electron chi connectivity index (χ3n) is 3.85. The van der Waals surface area contributed by atoms with Crippen LogP contribution in [0.5, 0.6) is 0 Å². The first-order valence-electron chi connectivity index (χ1n) is 4.38.